The summed E-state index contributed by atoms with van der Waals surface area (Å²) in [5.74, 6) is -0.132. The van der Waals surface area contributed by atoms with Gasteiger partial charge in [0, 0.05) is 31.9 Å². The second-order valence-electron chi connectivity index (χ2n) is 6.19. The molecule has 3 rings (SSSR count). The zero-order valence-corrected chi connectivity index (χ0v) is 15.1. The van der Waals surface area contributed by atoms with Crippen molar-refractivity contribution >= 4 is 15.9 Å². The van der Waals surface area contributed by atoms with E-state index in [1.165, 1.54) is 4.31 Å². The molecule has 1 atom stereocenters. The molecule has 0 N–H and O–H groups in total. The molecule has 1 aromatic heterocycles. The molecule has 7 heteroatoms. The molecule has 25 heavy (non-hydrogen) atoms. The van der Waals surface area contributed by atoms with Crippen LogP contribution in [-0.4, -0.2) is 53.9 Å². The SMILES string of the molecule is CC(c1ccccn1)N(C)S(=O)(=O)C1CN(C(=O)c2ccccc2)C1. The first-order valence-electron chi connectivity index (χ1n) is 8.13. The zero-order chi connectivity index (χ0) is 18.0. The van der Waals surface area contributed by atoms with Crippen LogP contribution in [0.4, 0.5) is 0 Å². The predicted octanol–water partition coefficient (Wildman–Crippen LogP) is 1.93. The minimum atomic E-state index is -3.50. The molecule has 2 aromatic rings. The van der Waals surface area contributed by atoms with Gasteiger partial charge in [0.1, 0.15) is 5.25 Å². The summed E-state index contributed by atoms with van der Waals surface area (Å²) in [5, 5.41) is -0.573. The maximum atomic E-state index is 12.8. The van der Waals surface area contributed by atoms with E-state index in [-0.39, 0.29) is 25.0 Å². The number of benzene rings is 1. The molecular weight excluding hydrogens is 338 g/mol. The van der Waals surface area contributed by atoms with Gasteiger partial charge in [0.15, 0.2) is 0 Å². The normalized spacial score (nSPS) is 16.5. The Hall–Kier alpha value is -2.25. The van der Waals surface area contributed by atoms with E-state index in [0.29, 0.717) is 11.3 Å². The number of rotatable bonds is 5. The Morgan fingerprint density at radius 3 is 2.40 bits per heavy atom. The van der Waals surface area contributed by atoms with Gasteiger partial charge in [0.25, 0.3) is 5.91 Å². The van der Waals surface area contributed by atoms with Crippen molar-refractivity contribution in [1.82, 2.24) is 14.2 Å². The lowest BCUT2D eigenvalue weighted by Crippen LogP contribution is -2.59. The lowest BCUT2D eigenvalue weighted by molar-refractivity contribution is 0.0655. The van der Waals surface area contributed by atoms with Gasteiger partial charge in [-0.3, -0.25) is 9.78 Å². The Labute approximate surface area is 148 Å². The van der Waals surface area contributed by atoms with Crippen LogP contribution >= 0.6 is 0 Å². The molecule has 1 saturated heterocycles. The molecule has 6 nitrogen and oxygen atoms in total. The number of aromatic nitrogens is 1. The summed E-state index contributed by atoms with van der Waals surface area (Å²) in [6, 6.07) is 14.0. The predicted molar refractivity (Wildman–Crippen MR) is 95.5 cm³/mol. The number of carbonyl (C=O) groups is 1. The van der Waals surface area contributed by atoms with Crippen LogP contribution in [0, 0.1) is 0 Å². The number of sulfonamides is 1. The smallest absolute Gasteiger partial charge is 0.253 e. The number of hydrogen-bond acceptors (Lipinski definition) is 4. The fraction of sp³-hybridized carbons (Fsp3) is 0.333. The molecule has 0 aliphatic carbocycles. The first-order chi connectivity index (χ1) is 11.9. The van der Waals surface area contributed by atoms with Crippen molar-refractivity contribution in [3.05, 3.63) is 66.0 Å². The standard InChI is InChI=1S/C18H21N3O3S/c1-14(17-10-6-7-11-19-17)20(2)25(23,24)16-12-21(13-16)18(22)15-8-4-3-5-9-15/h3-11,14,16H,12-13H2,1-2H3. The second kappa shape index (κ2) is 6.93. The summed E-state index contributed by atoms with van der Waals surface area (Å²) in [4.78, 5) is 18.1. The molecular formula is C18H21N3O3S. The molecule has 0 bridgehead atoms. The van der Waals surface area contributed by atoms with Crippen molar-refractivity contribution in [2.24, 2.45) is 0 Å². The number of hydrogen-bond donors (Lipinski definition) is 0. The van der Waals surface area contributed by atoms with Crippen LogP contribution in [0.5, 0.6) is 0 Å². The largest absolute Gasteiger partial charge is 0.336 e. The highest BCUT2D eigenvalue weighted by Crippen LogP contribution is 2.27. The van der Waals surface area contributed by atoms with Crippen LogP contribution in [0.15, 0.2) is 54.7 Å². The monoisotopic (exact) mass is 359 g/mol. The number of pyridine rings is 1. The molecule has 1 fully saturated rings. The van der Waals surface area contributed by atoms with E-state index in [1.807, 2.05) is 25.1 Å². The third-order valence-corrected chi connectivity index (χ3v) is 6.90. The average Bonchev–Trinajstić information content (AvgIpc) is 2.60. The fourth-order valence-corrected chi connectivity index (χ4v) is 4.58. The Balaban J connectivity index is 1.66. The van der Waals surface area contributed by atoms with Gasteiger partial charge < -0.3 is 4.90 Å². The molecule has 1 unspecified atom stereocenters. The Kier molecular flexibility index (Phi) is 4.87. The van der Waals surface area contributed by atoms with Crippen LogP contribution in [0.2, 0.25) is 0 Å². The van der Waals surface area contributed by atoms with Crippen LogP contribution in [0.25, 0.3) is 0 Å². The molecule has 1 amide bonds. The second-order valence-corrected chi connectivity index (χ2v) is 8.46. The van der Waals surface area contributed by atoms with E-state index in [1.54, 1.807) is 48.5 Å². The molecule has 132 valence electrons. The van der Waals surface area contributed by atoms with Gasteiger partial charge in [-0.05, 0) is 31.2 Å². The number of carbonyl (C=O) groups excluding carboxylic acids is 1. The summed E-state index contributed by atoms with van der Waals surface area (Å²) in [6.07, 6.45) is 1.65. The van der Waals surface area contributed by atoms with Crippen LogP contribution < -0.4 is 0 Å². The van der Waals surface area contributed by atoms with E-state index in [0.717, 1.165) is 0 Å². The molecule has 1 aromatic carbocycles. The summed E-state index contributed by atoms with van der Waals surface area (Å²) in [5.41, 5.74) is 1.28. The highest BCUT2D eigenvalue weighted by Gasteiger charge is 2.43. The van der Waals surface area contributed by atoms with Gasteiger partial charge in [-0.25, -0.2) is 8.42 Å². The highest BCUT2D eigenvalue weighted by molar-refractivity contribution is 7.89. The number of nitrogens with zero attached hydrogens (tertiary/aromatic N) is 3. The van der Waals surface area contributed by atoms with Gasteiger partial charge in [-0.15, -0.1) is 0 Å². The Morgan fingerprint density at radius 1 is 1.16 bits per heavy atom. The quantitative estimate of drug-likeness (QED) is 0.818. The lowest BCUT2D eigenvalue weighted by atomic mass is 10.1. The molecule has 0 radical (unpaired) electrons. The van der Waals surface area contributed by atoms with Crippen molar-refractivity contribution in [3.63, 3.8) is 0 Å². The van der Waals surface area contributed by atoms with Crippen molar-refractivity contribution in [2.75, 3.05) is 20.1 Å². The van der Waals surface area contributed by atoms with E-state index >= 15 is 0 Å². The maximum Gasteiger partial charge on any atom is 0.253 e. The molecule has 1 aliphatic rings. The summed E-state index contributed by atoms with van der Waals surface area (Å²) < 4.78 is 26.9. The summed E-state index contributed by atoms with van der Waals surface area (Å²) in [6.45, 7) is 2.25. The third-order valence-electron chi connectivity index (χ3n) is 4.64. The van der Waals surface area contributed by atoms with Crippen LogP contribution in [0.1, 0.15) is 29.0 Å². The van der Waals surface area contributed by atoms with Crippen molar-refractivity contribution in [3.8, 4) is 0 Å². The van der Waals surface area contributed by atoms with Crippen LogP contribution in [-0.2, 0) is 10.0 Å². The molecule has 0 saturated carbocycles. The van der Waals surface area contributed by atoms with E-state index in [2.05, 4.69) is 4.98 Å². The average molecular weight is 359 g/mol. The van der Waals surface area contributed by atoms with Crippen molar-refractivity contribution in [2.45, 2.75) is 18.2 Å². The van der Waals surface area contributed by atoms with Gasteiger partial charge in [0.2, 0.25) is 10.0 Å². The first-order valence-corrected chi connectivity index (χ1v) is 9.63. The Morgan fingerprint density at radius 2 is 1.80 bits per heavy atom. The highest BCUT2D eigenvalue weighted by atomic mass is 32.2. The topological polar surface area (TPSA) is 70.6 Å². The van der Waals surface area contributed by atoms with E-state index in [9.17, 15) is 13.2 Å². The minimum absolute atomic E-state index is 0.132. The lowest BCUT2D eigenvalue weighted by Gasteiger charge is -2.41. The van der Waals surface area contributed by atoms with Gasteiger partial charge >= 0.3 is 0 Å². The van der Waals surface area contributed by atoms with Gasteiger partial charge in [-0.2, -0.15) is 4.31 Å². The Bertz CT molecular complexity index is 834. The number of likely N-dealkylation sites (tertiary alicyclic amines) is 1. The zero-order valence-electron chi connectivity index (χ0n) is 14.2. The molecule has 1 aliphatic heterocycles. The third kappa shape index (κ3) is 3.43. The summed E-state index contributed by atoms with van der Waals surface area (Å²) in [7, 11) is -1.93. The summed E-state index contributed by atoms with van der Waals surface area (Å²) >= 11 is 0. The van der Waals surface area contributed by atoms with Crippen LogP contribution in [0.3, 0.4) is 0 Å². The molecule has 2 heterocycles. The first kappa shape index (κ1) is 17.6. The van der Waals surface area contributed by atoms with Crippen molar-refractivity contribution < 1.29 is 13.2 Å². The van der Waals surface area contributed by atoms with Gasteiger partial charge in [-0.1, -0.05) is 24.3 Å². The van der Waals surface area contributed by atoms with Gasteiger partial charge in [0.05, 0.1) is 11.7 Å². The fourth-order valence-electron chi connectivity index (χ4n) is 2.82. The molecule has 0 spiro atoms. The van der Waals surface area contributed by atoms with Crippen molar-refractivity contribution in [1.29, 1.82) is 0 Å². The van der Waals surface area contributed by atoms with E-state index < -0.39 is 15.3 Å². The maximum absolute atomic E-state index is 12.8. The number of amides is 1. The van der Waals surface area contributed by atoms with E-state index in [4.69, 9.17) is 0 Å². The minimum Gasteiger partial charge on any atom is -0.336 e.